The van der Waals surface area contributed by atoms with Crippen LogP contribution in [0.25, 0.3) is 10.6 Å². The maximum absolute atomic E-state index is 13.6. The van der Waals surface area contributed by atoms with E-state index in [2.05, 4.69) is 36.3 Å². The number of hydrogen-bond acceptors (Lipinski definition) is 4. The molecule has 0 aliphatic heterocycles. The predicted molar refractivity (Wildman–Crippen MR) is 71.9 cm³/mol. The highest BCUT2D eigenvalue weighted by atomic mass is 32.1. The van der Waals surface area contributed by atoms with Crippen LogP contribution >= 0.6 is 11.3 Å². The van der Waals surface area contributed by atoms with Crippen molar-refractivity contribution in [1.29, 1.82) is 0 Å². The number of nitrogens with one attached hydrogen (secondary N) is 1. The average molecular weight is 265 g/mol. The van der Waals surface area contributed by atoms with Crippen LogP contribution in [0.3, 0.4) is 0 Å². The first kappa shape index (κ1) is 13.1. The van der Waals surface area contributed by atoms with E-state index < -0.39 is 0 Å². The van der Waals surface area contributed by atoms with Gasteiger partial charge in [-0.25, -0.2) is 4.39 Å². The van der Waals surface area contributed by atoms with Crippen molar-refractivity contribution in [2.24, 2.45) is 0 Å². The summed E-state index contributed by atoms with van der Waals surface area (Å²) in [5.74, 6) is -0.260. The van der Waals surface area contributed by atoms with E-state index in [1.807, 2.05) is 0 Å². The van der Waals surface area contributed by atoms with Gasteiger partial charge in [0, 0.05) is 11.1 Å². The molecule has 0 spiro atoms. The third-order valence-corrected chi connectivity index (χ3v) is 3.30. The largest absolute Gasteiger partial charge is 0.306 e. The molecule has 3 nitrogen and oxygen atoms in total. The minimum absolute atomic E-state index is 0.0316. The maximum Gasteiger partial charge on any atom is 0.150 e. The SMILES string of the molecule is CC(C)(C)NCc1nnc(-c2ccccc2F)s1. The predicted octanol–water partition coefficient (Wildman–Crippen LogP) is 3.23. The molecule has 5 heteroatoms. The Labute approximate surface area is 110 Å². The first-order valence-corrected chi connectivity index (χ1v) is 6.60. The molecule has 0 saturated carbocycles. The fourth-order valence-corrected chi connectivity index (χ4v) is 2.22. The number of nitrogens with zero attached hydrogens (tertiary/aromatic N) is 2. The Morgan fingerprint density at radius 2 is 1.94 bits per heavy atom. The molecule has 2 rings (SSSR count). The van der Waals surface area contributed by atoms with Gasteiger partial charge in [-0.2, -0.15) is 0 Å². The lowest BCUT2D eigenvalue weighted by Gasteiger charge is -2.19. The van der Waals surface area contributed by atoms with Crippen molar-refractivity contribution >= 4 is 11.3 Å². The first-order valence-electron chi connectivity index (χ1n) is 5.78. The molecule has 96 valence electrons. The molecule has 1 aromatic carbocycles. The van der Waals surface area contributed by atoms with Gasteiger partial charge in [0.1, 0.15) is 10.8 Å². The van der Waals surface area contributed by atoms with Crippen LogP contribution in [0.4, 0.5) is 4.39 Å². The van der Waals surface area contributed by atoms with Crippen molar-refractivity contribution in [1.82, 2.24) is 15.5 Å². The molecule has 0 unspecified atom stereocenters. The van der Waals surface area contributed by atoms with E-state index in [1.165, 1.54) is 17.4 Å². The van der Waals surface area contributed by atoms with E-state index >= 15 is 0 Å². The number of halogens is 1. The summed E-state index contributed by atoms with van der Waals surface area (Å²) in [4.78, 5) is 0. The minimum Gasteiger partial charge on any atom is -0.306 e. The van der Waals surface area contributed by atoms with Crippen LogP contribution in [0.5, 0.6) is 0 Å². The summed E-state index contributed by atoms with van der Waals surface area (Å²) in [5, 5.41) is 12.9. The second-order valence-electron chi connectivity index (χ2n) is 5.08. The summed E-state index contributed by atoms with van der Waals surface area (Å²) in [6.07, 6.45) is 0. The zero-order valence-electron chi connectivity index (χ0n) is 10.7. The van der Waals surface area contributed by atoms with Crippen molar-refractivity contribution in [3.63, 3.8) is 0 Å². The summed E-state index contributed by atoms with van der Waals surface area (Å²) < 4.78 is 13.6. The summed E-state index contributed by atoms with van der Waals surface area (Å²) in [7, 11) is 0. The fraction of sp³-hybridized carbons (Fsp3) is 0.385. The molecule has 0 bridgehead atoms. The van der Waals surface area contributed by atoms with Crippen LogP contribution in [0.15, 0.2) is 24.3 Å². The Kier molecular flexibility index (Phi) is 3.73. The van der Waals surface area contributed by atoms with Gasteiger partial charge in [-0.3, -0.25) is 0 Å². The zero-order chi connectivity index (χ0) is 13.2. The molecule has 0 fully saturated rings. The minimum atomic E-state index is -0.260. The summed E-state index contributed by atoms with van der Waals surface area (Å²) in [6, 6.07) is 6.62. The van der Waals surface area contributed by atoms with Gasteiger partial charge in [0.15, 0.2) is 5.01 Å². The number of aromatic nitrogens is 2. The van der Waals surface area contributed by atoms with E-state index in [0.29, 0.717) is 17.1 Å². The Balaban J connectivity index is 2.14. The van der Waals surface area contributed by atoms with Gasteiger partial charge in [-0.15, -0.1) is 10.2 Å². The van der Waals surface area contributed by atoms with E-state index in [-0.39, 0.29) is 11.4 Å². The molecule has 1 aromatic heterocycles. The number of hydrogen-bond donors (Lipinski definition) is 1. The summed E-state index contributed by atoms with van der Waals surface area (Å²) in [5.41, 5.74) is 0.543. The maximum atomic E-state index is 13.6. The summed E-state index contributed by atoms with van der Waals surface area (Å²) in [6.45, 7) is 6.92. The highest BCUT2D eigenvalue weighted by Gasteiger charge is 2.13. The smallest absolute Gasteiger partial charge is 0.150 e. The van der Waals surface area contributed by atoms with Crippen molar-refractivity contribution < 1.29 is 4.39 Å². The van der Waals surface area contributed by atoms with Crippen LogP contribution in [0, 0.1) is 5.82 Å². The van der Waals surface area contributed by atoms with Crippen LogP contribution in [0.1, 0.15) is 25.8 Å². The Hall–Kier alpha value is -1.33. The van der Waals surface area contributed by atoms with Crippen molar-refractivity contribution in [2.45, 2.75) is 32.9 Å². The zero-order valence-corrected chi connectivity index (χ0v) is 11.5. The van der Waals surface area contributed by atoms with Gasteiger partial charge in [0.2, 0.25) is 0 Å². The molecule has 1 heterocycles. The van der Waals surface area contributed by atoms with Crippen LogP contribution in [-0.4, -0.2) is 15.7 Å². The lowest BCUT2D eigenvalue weighted by molar-refractivity contribution is 0.423. The number of benzene rings is 1. The molecular formula is C13H16FN3S. The highest BCUT2D eigenvalue weighted by Crippen LogP contribution is 2.25. The quantitative estimate of drug-likeness (QED) is 0.926. The molecule has 0 saturated heterocycles. The Morgan fingerprint density at radius 3 is 2.61 bits per heavy atom. The fourth-order valence-electron chi connectivity index (χ4n) is 1.41. The van der Waals surface area contributed by atoms with E-state index in [1.54, 1.807) is 18.2 Å². The summed E-state index contributed by atoms with van der Waals surface area (Å²) >= 11 is 1.42. The van der Waals surface area contributed by atoms with Gasteiger partial charge in [0.25, 0.3) is 0 Å². The van der Waals surface area contributed by atoms with E-state index in [0.717, 1.165) is 5.01 Å². The second-order valence-corrected chi connectivity index (χ2v) is 6.15. The lowest BCUT2D eigenvalue weighted by Crippen LogP contribution is -2.35. The molecular weight excluding hydrogens is 249 g/mol. The van der Waals surface area contributed by atoms with Gasteiger partial charge in [-0.05, 0) is 32.9 Å². The van der Waals surface area contributed by atoms with Crippen LogP contribution in [-0.2, 0) is 6.54 Å². The Bertz CT molecular complexity index is 531. The molecule has 2 aromatic rings. The highest BCUT2D eigenvalue weighted by molar-refractivity contribution is 7.14. The lowest BCUT2D eigenvalue weighted by atomic mass is 10.1. The number of rotatable bonds is 3. The topological polar surface area (TPSA) is 37.8 Å². The van der Waals surface area contributed by atoms with E-state index in [4.69, 9.17) is 0 Å². The monoisotopic (exact) mass is 265 g/mol. The van der Waals surface area contributed by atoms with E-state index in [9.17, 15) is 4.39 Å². The van der Waals surface area contributed by atoms with Gasteiger partial charge < -0.3 is 5.32 Å². The van der Waals surface area contributed by atoms with Gasteiger partial charge >= 0.3 is 0 Å². The first-order chi connectivity index (χ1) is 8.46. The normalized spacial score (nSPS) is 11.8. The second kappa shape index (κ2) is 5.12. The standard InChI is InChI=1S/C13H16FN3S/c1-13(2,3)15-8-11-16-17-12(18-11)9-6-4-5-7-10(9)14/h4-7,15H,8H2,1-3H3. The van der Waals surface area contributed by atoms with Crippen molar-refractivity contribution in [3.05, 3.63) is 35.1 Å². The van der Waals surface area contributed by atoms with Gasteiger partial charge in [0.05, 0.1) is 6.54 Å². The molecule has 0 amide bonds. The van der Waals surface area contributed by atoms with Crippen LogP contribution < -0.4 is 5.32 Å². The average Bonchev–Trinajstić information content (AvgIpc) is 2.75. The van der Waals surface area contributed by atoms with Crippen molar-refractivity contribution in [2.75, 3.05) is 0 Å². The third-order valence-electron chi connectivity index (χ3n) is 2.34. The van der Waals surface area contributed by atoms with Crippen molar-refractivity contribution in [3.8, 4) is 10.6 Å². The molecule has 0 aliphatic rings. The molecule has 0 radical (unpaired) electrons. The van der Waals surface area contributed by atoms with Gasteiger partial charge in [-0.1, -0.05) is 23.5 Å². The van der Waals surface area contributed by atoms with Crippen LogP contribution in [0.2, 0.25) is 0 Å². The molecule has 1 N–H and O–H groups in total. The third kappa shape index (κ3) is 3.34. The molecule has 0 atom stereocenters. The molecule has 0 aliphatic carbocycles. The molecule has 18 heavy (non-hydrogen) atoms. The Morgan fingerprint density at radius 1 is 1.22 bits per heavy atom.